The molecule has 1 aromatic rings. The zero-order valence-electron chi connectivity index (χ0n) is 12.9. The number of rotatable bonds is 4. The highest BCUT2D eigenvalue weighted by atomic mass is 16.5. The lowest BCUT2D eigenvalue weighted by atomic mass is 9.80. The van der Waals surface area contributed by atoms with E-state index in [1.807, 2.05) is 18.2 Å². The van der Waals surface area contributed by atoms with Crippen LogP contribution >= 0.6 is 0 Å². The lowest BCUT2D eigenvalue weighted by Gasteiger charge is -2.47. The maximum atomic E-state index is 11.6. The molecule has 0 aliphatic carbocycles. The van der Waals surface area contributed by atoms with Crippen molar-refractivity contribution in [1.29, 1.82) is 0 Å². The van der Waals surface area contributed by atoms with Crippen LogP contribution in [0.3, 0.4) is 0 Å². The molecule has 22 heavy (non-hydrogen) atoms. The van der Waals surface area contributed by atoms with E-state index in [2.05, 4.69) is 11.0 Å². The van der Waals surface area contributed by atoms with Gasteiger partial charge in [0.2, 0.25) is 0 Å². The first-order valence-electron chi connectivity index (χ1n) is 8.06. The Labute approximate surface area is 131 Å². The van der Waals surface area contributed by atoms with Crippen LogP contribution in [0.15, 0.2) is 30.3 Å². The van der Waals surface area contributed by atoms with Gasteiger partial charge in [-0.05, 0) is 56.5 Å². The summed E-state index contributed by atoms with van der Waals surface area (Å²) in [6.07, 6.45) is 6.09. The zero-order chi connectivity index (χ0) is 15.5. The number of aliphatic hydroxyl groups excluding tert-OH is 1. The van der Waals surface area contributed by atoms with Crippen LogP contribution in [0.25, 0.3) is 6.08 Å². The topological polar surface area (TPSA) is 49.8 Å². The Kier molecular flexibility index (Phi) is 4.60. The summed E-state index contributed by atoms with van der Waals surface area (Å²) in [6.45, 7) is 4.35. The van der Waals surface area contributed by atoms with E-state index >= 15 is 0 Å². The Hall–Kier alpha value is -1.65. The van der Waals surface area contributed by atoms with Crippen molar-refractivity contribution in [2.45, 2.75) is 31.9 Å². The molecule has 4 heteroatoms. The monoisotopic (exact) mass is 301 g/mol. The second kappa shape index (κ2) is 6.63. The van der Waals surface area contributed by atoms with Crippen LogP contribution in [-0.2, 0) is 4.74 Å². The summed E-state index contributed by atoms with van der Waals surface area (Å²) in [4.78, 5) is 14.0. The molecule has 0 spiro atoms. The minimum atomic E-state index is -0.288. The molecule has 4 rings (SSSR count). The van der Waals surface area contributed by atoms with Crippen molar-refractivity contribution >= 4 is 12.0 Å². The molecule has 0 radical (unpaired) electrons. The highest BCUT2D eigenvalue weighted by Gasteiger charge is 2.39. The van der Waals surface area contributed by atoms with Crippen LogP contribution in [0.4, 0.5) is 0 Å². The van der Waals surface area contributed by atoms with E-state index in [-0.39, 0.29) is 18.1 Å². The molecular formula is C18H23NO3. The summed E-state index contributed by atoms with van der Waals surface area (Å²) < 4.78 is 4.97. The lowest BCUT2D eigenvalue weighted by Crippen LogP contribution is -2.56. The molecule has 3 aliphatic heterocycles. The fourth-order valence-electron chi connectivity index (χ4n) is 3.44. The molecule has 0 saturated carbocycles. The van der Waals surface area contributed by atoms with E-state index in [1.54, 1.807) is 19.1 Å². The van der Waals surface area contributed by atoms with Gasteiger partial charge in [-0.25, -0.2) is 4.79 Å². The summed E-state index contributed by atoms with van der Waals surface area (Å²) in [6, 6.07) is 7.50. The quantitative estimate of drug-likeness (QED) is 0.867. The van der Waals surface area contributed by atoms with Gasteiger partial charge in [-0.2, -0.15) is 0 Å². The van der Waals surface area contributed by atoms with Crippen molar-refractivity contribution in [2.24, 2.45) is 5.92 Å². The van der Waals surface area contributed by atoms with Crippen LogP contribution in [0.2, 0.25) is 0 Å². The molecule has 118 valence electrons. The van der Waals surface area contributed by atoms with E-state index in [0.717, 1.165) is 31.5 Å². The van der Waals surface area contributed by atoms with Crippen LogP contribution < -0.4 is 0 Å². The third kappa shape index (κ3) is 3.08. The number of hydrogen-bond acceptors (Lipinski definition) is 4. The van der Waals surface area contributed by atoms with Gasteiger partial charge in [0.05, 0.1) is 24.3 Å². The molecule has 4 nitrogen and oxygen atoms in total. The highest BCUT2D eigenvalue weighted by Crippen LogP contribution is 2.33. The van der Waals surface area contributed by atoms with Crippen molar-refractivity contribution < 1.29 is 14.6 Å². The number of carbonyl (C=O) groups excluding carboxylic acids is 1. The van der Waals surface area contributed by atoms with E-state index < -0.39 is 0 Å². The Morgan fingerprint density at radius 1 is 1.32 bits per heavy atom. The first kappa shape index (κ1) is 15.3. The predicted molar refractivity (Wildman–Crippen MR) is 85.5 cm³/mol. The Balaban J connectivity index is 1.66. The Morgan fingerprint density at radius 3 is 2.59 bits per heavy atom. The average molecular weight is 301 g/mol. The second-order valence-corrected chi connectivity index (χ2v) is 6.06. The van der Waals surface area contributed by atoms with Crippen LogP contribution in [0, 0.1) is 5.92 Å². The summed E-state index contributed by atoms with van der Waals surface area (Å²) in [5.41, 5.74) is 1.60. The number of aliphatic hydroxyl groups is 1. The average Bonchev–Trinajstić information content (AvgIpc) is 2.56. The largest absolute Gasteiger partial charge is 0.462 e. The minimum absolute atomic E-state index is 0.122. The molecule has 0 aromatic heterocycles. The van der Waals surface area contributed by atoms with Crippen LogP contribution in [-0.4, -0.2) is 47.8 Å². The molecular weight excluding hydrogens is 278 g/mol. The number of carbonyl (C=O) groups is 1. The van der Waals surface area contributed by atoms with Crippen LogP contribution in [0.5, 0.6) is 0 Å². The van der Waals surface area contributed by atoms with Crippen molar-refractivity contribution in [1.82, 2.24) is 4.90 Å². The van der Waals surface area contributed by atoms with Crippen LogP contribution in [0.1, 0.15) is 35.7 Å². The molecule has 3 saturated heterocycles. The summed E-state index contributed by atoms with van der Waals surface area (Å²) in [5, 5.41) is 10.4. The van der Waals surface area contributed by atoms with Crippen molar-refractivity contribution in [2.75, 3.05) is 19.7 Å². The summed E-state index contributed by atoms with van der Waals surface area (Å²) in [5.74, 6) is 0.162. The number of nitrogens with zero attached hydrogens (tertiary/aromatic N) is 1. The van der Waals surface area contributed by atoms with E-state index in [4.69, 9.17) is 4.74 Å². The van der Waals surface area contributed by atoms with Gasteiger partial charge >= 0.3 is 5.97 Å². The zero-order valence-corrected chi connectivity index (χ0v) is 12.9. The van der Waals surface area contributed by atoms with Gasteiger partial charge in [0.25, 0.3) is 0 Å². The van der Waals surface area contributed by atoms with Gasteiger partial charge in [-0.15, -0.1) is 0 Å². The predicted octanol–water partition coefficient (Wildman–Crippen LogP) is 2.33. The summed E-state index contributed by atoms with van der Waals surface area (Å²) >= 11 is 0. The number of fused-ring (bicyclic) bond motifs is 3. The van der Waals surface area contributed by atoms with Gasteiger partial charge in [0, 0.05) is 0 Å². The molecule has 3 aliphatic rings. The van der Waals surface area contributed by atoms with Crippen molar-refractivity contribution in [3.05, 3.63) is 41.5 Å². The third-order valence-corrected chi connectivity index (χ3v) is 4.74. The van der Waals surface area contributed by atoms with Gasteiger partial charge in [-0.1, -0.05) is 24.3 Å². The molecule has 1 N–H and O–H groups in total. The van der Waals surface area contributed by atoms with Crippen molar-refractivity contribution in [3.63, 3.8) is 0 Å². The Morgan fingerprint density at radius 2 is 2.00 bits per heavy atom. The van der Waals surface area contributed by atoms with E-state index in [0.29, 0.717) is 18.1 Å². The maximum Gasteiger partial charge on any atom is 0.338 e. The Bertz CT molecular complexity index is 542. The van der Waals surface area contributed by atoms with Crippen molar-refractivity contribution in [3.8, 4) is 0 Å². The maximum absolute atomic E-state index is 11.6. The number of benzene rings is 1. The highest BCUT2D eigenvalue weighted by molar-refractivity contribution is 5.89. The molecule has 2 unspecified atom stereocenters. The number of piperidine rings is 3. The first-order chi connectivity index (χ1) is 10.7. The lowest BCUT2D eigenvalue weighted by molar-refractivity contribution is -0.0533. The third-order valence-electron chi connectivity index (χ3n) is 4.74. The minimum Gasteiger partial charge on any atom is -0.462 e. The number of ether oxygens (including phenoxy) is 1. The number of hydrogen-bond donors (Lipinski definition) is 1. The fraction of sp³-hybridized carbons (Fsp3) is 0.500. The normalized spacial score (nSPS) is 30.6. The van der Waals surface area contributed by atoms with E-state index in [9.17, 15) is 9.90 Å². The number of esters is 1. The molecule has 3 heterocycles. The van der Waals surface area contributed by atoms with Gasteiger partial charge in [0.1, 0.15) is 0 Å². The molecule has 0 amide bonds. The second-order valence-electron chi connectivity index (χ2n) is 6.06. The van der Waals surface area contributed by atoms with Gasteiger partial charge in [-0.3, -0.25) is 4.90 Å². The molecule has 2 bridgehead atoms. The molecule has 1 aromatic carbocycles. The fourth-order valence-corrected chi connectivity index (χ4v) is 3.44. The summed E-state index contributed by atoms with van der Waals surface area (Å²) in [7, 11) is 0. The van der Waals surface area contributed by atoms with Gasteiger partial charge < -0.3 is 9.84 Å². The first-order valence-corrected chi connectivity index (χ1v) is 8.06. The van der Waals surface area contributed by atoms with Gasteiger partial charge in [0.15, 0.2) is 0 Å². The molecule has 3 fully saturated rings. The standard InChI is InChI=1S/C18H23NO3/c1-2-22-18(21)15-6-3-13(4-7-15)5-8-16-17(20)14-9-11-19(16)12-10-14/h3-8,14,16-17,20H,2,9-12H2,1H3. The molecule has 2 atom stereocenters. The van der Waals surface area contributed by atoms with E-state index in [1.165, 1.54) is 0 Å². The SMILES string of the molecule is CCOC(=O)c1ccc(C=CC2C(O)C3CCN2CC3)cc1. The smallest absolute Gasteiger partial charge is 0.338 e.